The summed E-state index contributed by atoms with van der Waals surface area (Å²) in [5.41, 5.74) is -1.78. The predicted octanol–water partition coefficient (Wildman–Crippen LogP) is -1.22. The van der Waals surface area contributed by atoms with E-state index in [1.807, 2.05) is 0 Å². The van der Waals surface area contributed by atoms with Crippen molar-refractivity contribution in [3.8, 4) is 0 Å². The molecule has 0 spiro atoms. The van der Waals surface area contributed by atoms with E-state index in [-0.39, 0.29) is 34.0 Å². The number of allylic oxidation sites excluding steroid dienone is 2. The lowest BCUT2D eigenvalue weighted by atomic mass is 9.33. The monoisotopic (exact) mass is 1060 g/mol. The summed E-state index contributed by atoms with van der Waals surface area (Å²) < 4.78 is 48.1. The normalized spacial score (nSPS) is 54.1. The third kappa shape index (κ3) is 9.16. The zero-order valence-electron chi connectivity index (χ0n) is 43.5. The van der Waals surface area contributed by atoms with Gasteiger partial charge in [-0.3, -0.25) is 4.79 Å². The third-order valence-corrected chi connectivity index (χ3v) is 20.7. The van der Waals surface area contributed by atoms with Gasteiger partial charge in [0, 0.05) is 0 Å². The number of rotatable bonds is 11. The van der Waals surface area contributed by atoms with Crippen molar-refractivity contribution in [2.75, 3.05) is 26.4 Å². The summed E-state index contributed by atoms with van der Waals surface area (Å²) in [5, 5.41) is 141. The van der Waals surface area contributed by atoms with Gasteiger partial charge in [-0.05, 0) is 103 Å². The first-order valence-electron chi connectivity index (χ1n) is 26.7. The standard InChI is InChI=1S/C52H84O22/c1-47(2)14-15-52(46(65)66)23(16-47)22-8-9-29-49(5)12-11-31(48(3,4)28(49)10-13-50(29,6)51(22,7)17-30(52)56)72-45-41(74-43-39(64)36(61)34(59)26(18-53)70-43)37(62)35(60)27(71-45)21-69-44-40(33(58)25(55)20-68-44)73-42-38(63)32(57)24(54)19-67-42/h8,23-45,53-64H,9-21H2,1-7H3,(H,65,66)/t23-,24-,25-,26+,27+,28-,29+,30+,31-,32-,33-,34+,35+,36-,37-,38+,39+,40+,41+,42-,43-,44-,45-,49-,50+,51+,52+/m0/s1. The molecule has 4 saturated carbocycles. The van der Waals surface area contributed by atoms with Crippen molar-refractivity contribution in [3.63, 3.8) is 0 Å². The molecule has 0 unspecified atom stereocenters. The summed E-state index contributed by atoms with van der Waals surface area (Å²) >= 11 is 0. The van der Waals surface area contributed by atoms with Gasteiger partial charge in [-0.1, -0.05) is 60.1 Å². The van der Waals surface area contributed by atoms with Crippen LogP contribution in [0.3, 0.4) is 0 Å². The van der Waals surface area contributed by atoms with Crippen molar-refractivity contribution < 1.29 is 109 Å². The summed E-state index contributed by atoms with van der Waals surface area (Å²) in [6.07, 6.45) is -23.1. The molecule has 0 aromatic rings. The molecule has 0 amide bonds. The fourth-order valence-electron chi connectivity index (χ4n) is 16.0. The Morgan fingerprint density at radius 2 is 1.23 bits per heavy atom. The van der Waals surface area contributed by atoms with Crippen molar-refractivity contribution in [2.24, 2.45) is 50.2 Å². The van der Waals surface area contributed by atoms with E-state index < -0.39 is 171 Å². The zero-order valence-corrected chi connectivity index (χ0v) is 43.5. The lowest BCUT2D eigenvalue weighted by Crippen LogP contribution is -2.68. The molecule has 9 rings (SSSR count). The number of carboxylic acid groups (broad SMARTS) is 1. The number of aliphatic hydroxyl groups excluding tert-OH is 12. The van der Waals surface area contributed by atoms with E-state index in [4.69, 9.17) is 37.9 Å². The number of carboxylic acids is 1. The lowest BCUT2D eigenvalue weighted by molar-refractivity contribution is -0.384. The highest BCUT2D eigenvalue weighted by atomic mass is 16.8. The molecule has 22 nitrogen and oxygen atoms in total. The molecule has 4 saturated heterocycles. The Morgan fingerprint density at radius 1 is 0.622 bits per heavy atom. The summed E-state index contributed by atoms with van der Waals surface area (Å²) in [7, 11) is 0. The Kier molecular flexibility index (Phi) is 15.8. The molecule has 8 fully saturated rings. The van der Waals surface area contributed by atoms with E-state index in [0.717, 1.165) is 25.7 Å². The second kappa shape index (κ2) is 20.5. The molecule has 0 aromatic carbocycles. The molecule has 4 aliphatic heterocycles. The summed E-state index contributed by atoms with van der Waals surface area (Å²) in [6.45, 7) is 13.4. The highest BCUT2D eigenvalue weighted by Crippen LogP contribution is 2.76. The summed E-state index contributed by atoms with van der Waals surface area (Å²) in [6, 6.07) is 0. The van der Waals surface area contributed by atoms with E-state index >= 15 is 0 Å². The fraction of sp³-hybridized carbons (Fsp3) is 0.942. The van der Waals surface area contributed by atoms with E-state index in [9.17, 15) is 71.2 Å². The van der Waals surface area contributed by atoms with Crippen LogP contribution in [0.2, 0.25) is 0 Å². The SMILES string of the molecule is CC1(C)CC[C@]2(C(=O)O)[C@H](O)C[C@]3(C)C(=CC[C@@H]4[C@@]5(C)CC[C@H](O[C@@H]6O[C@H](CO[C@@H]7OC[C@H](O)[C@H](O)[C@H]7O[C@@H]7OC[C@H](O)[C@H](O)[C@H]7O)[C@@H](O)[C@H](O)[C@H]6O[C@@H]6O[C@H](CO)[C@@H](O)[C@H](O)[C@H]6O)C(C)(C)[C@@H]5CC[C@]43C)[C@@H]2C1. The number of ether oxygens (including phenoxy) is 8. The number of carbonyl (C=O) groups is 1. The Bertz CT molecular complexity index is 2040. The number of hydrogen-bond donors (Lipinski definition) is 13. The van der Waals surface area contributed by atoms with Crippen molar-refractivity contribution in [3.05, 3.63) is 11.6 Å². The first-order valence-corrected chi connectivity index (χ1v) is 26.7. The van der Waals surface area contributed by atoms with Crippen LogP contribution in [0.15, 0.2) is 11.6 Å². The second-order valence-corrected chi connectivity index (χ2v) is 25.5. The van der Waals surface area contributed by atoms with Crippen LogP contribution >= 0.6 is 0 Å². The molecular weight excluding hydrogens is 977 g/mol. The van der Waals surface area contributed by atoms with Crippen molar-refractivity contribution in [2.45, 2.75) is 229 Å². The largest absolute Gasteiger partial charge is 0.481 e. The molecule has 4 heterocycles. The van der Waals surface area contributed by atoms with E-state index in [2.05, 4.69) is 54.5 Å². The molecule has 0 aromatic heterocycles. The maximum absolute atomic E-state index is 13.3. The van der Waals surface area contributed by atoms with E-state index in [0.29, 0.717) is 32.1 Å². The first-order chi connectivity index (χ1) is 34.6. The highest BCUT2D eigenvalue weighted by molar-refractivity contribution is 5.77. The second-order valence-electron chi connectivity index (χ2n) is 25.5. The Balaban J connectivity index is 0.971. The van der Waals surface area contributed by atoms with Gasteiger partial charge in [0.05, 0.1) is 38.6 Å². The van der Waals surface area contributed by atoms with E-state index in [1.54, 1.807) is 0 Å². The molecule has 0 radical (unpaired) electrons. The van der Waals surface area contributed by atoms with Crippen LogP contribution in [0.5, 0.6) is 0 Å². The van der Waals surface area contributed by atoms with Gasteiger partial charge in [-0.15, -0.1) is 0 Å². The maximum Gasteiger partial charge on any atom is 0.312 e. The minimum absolute atomic E-state index is 0.0480. The van der Waals surface area contributed by atoms with Gasteiger partial charge in [0.1, 0.15) is 90.9 Å². The van der Waals surface area contributed by atoms with Crippen LogP contribution < -0.4 is 0 Å². The van der Waals surface area contributed by atoms with Gasteiger partial charge in [0.25, 0.3) is 0 Å². The molecule has 5 aliphatic carbocycles. The van der Waals surface area contributed by atoms with Crippen LogP contribution in [0.25, 0.3) is 0 Å². The Morgan fingerprint density at radius 3 is 1.91 bits per heavy atom. The lowest BCUT2D eigenvalue weighted by Gasteiger charge is -2.71. The topological polar surface area (TPSA) is 354 Å². The van der Waals surface area contributed by atoms with Gasteiger partial charge in [0.15, 0.2) is 25.2 Å². The van der Waals surface area contributed by atoms with Crippen LogP contribution in [0, 0.1) is 50.2 Å². The third-order valence-electron chi connectivity index (χ3n) is 20.7. The molecular formula is C52H84O22. The van der Waals surface area contributed by atoms with Crippen LogP contribution in [-0.4, -0.2) is 222 Å². The van der Waals surface area contributed by atoms with Crippen molar-refractivity contribution in [1.29, 1.82) is 0 Å². The molecule has 9 aliphatic rings. The molecule has 27 atom stereocenters. The van der Waals surface area contributed by atoms with Crippen LogP contribution in [0.1, 0.15) is 106 Å². The van der Waals surface area contributed by atoms with Crippen molar-refractivity contribution >= 4 is 5.97 Å². The first kappa shape index (κ1) is 57.1. The van der Waals surface area contributed by atoms with Gasteiger partial charge in [-0.25, -0.2) is 0 Å². The minimum atomic E-state index is -1.89. The number of hydrogen-bond acceptors (Lipinski definition) is 21. The average molecular weight is 1060 g/mol. The molecule has 424 valence electrons. The summed E-state index contributed by atoms with van der Waals surface area (Å²) in [5.74, 6) is -1.02. The smallest absolute Gasteiger partial charge is 0.312 e. The highest BCUT2D eigenvalue weighted by Gasteiger charge is 2.72. The van der Waals surface area contributed by atoms with Gasteiger partial charge in [0.2, 0.25) is 0 Å². The number of aliphatic carboxylic acids is 1. The Labute approximate surface area is 431 Å². The minimum Gasteiger partial charge on any atom is -0.481 e. The molecule has 0 bridgehead atoms. The predicted molar refractivity (Wildman–Crippen MR) is 253 cm³/mol. The molecule has 13 N–H and O–H groups in total. The van der Waals surface area contributed by atoms with E-state index in [1.165, 1.54) is 5.57 Å². The fourth-order valence-corrected chi connectivity index (χ4v) is 16.0. The number of aliphatic hydroxyl groups is 12. The van der Waals surface area contributed by atoms with Crippen LogP contribution in [0.4, 0.5) is 0 Å². The van der Waals surface area contributed by atoms with Gasteiger partial charge in [-0.2, -0.15) is 0 Å². The Hall–Kier alpha value is -1.59. The average Bonchev–Trinajstić information content (AvgIpc) is 3.34. The van der Waals surface area contributed by atoms with Gasteiger partial charge >= 0.3 is 5.97 Å². The van der Waals surface area contributed by atoms with Gasteiger partial charge < -0.3 is 104 Å². The van der Waals surface area contributed by atoms with Crippen molar-refractivity contribution in [1.82, 2.24) is 0 Å². The number of fused-ring (bicyclic) bond motifs is 7. The summed E-state index contributed by atoms with van der Waals surface area (Å²) in [4.78, 5) is 13.3. The maximum atomic E-state index is 13.3. The quantitative estimate of drug-likeness (QED) is 0.0852. The molecule has 22 heteroatoms. The zero-order chi connectivity index (χ0) is 54.0. The molecule has 74 heavy (non-hydrogen) atoms. The van der Waals surface area contributed by atoms with Crippen LogP contribution in [-0.2, 0) is 42.7 Å².